The van der Waals surface area contributed by atoms with Gasteiger partial charge in [0.15, 0.2) is 0 Å². The quantitative estimate of drug-likeness (QED) is 0.614. The highest BCUT2D eigenvalue weighted by Gasteiger charge is 2.13. The number of hydrogen-bond acceptors (Lipinski definition) is 2. The molecule has 4 heteroatoms. The average molecular weight is 386 g/mol. The maximum Gasteiger partial charge on any atom is 0.0701 e. The number of aromatic nitrogens is 1. The number of halogens is 1. The lowest BCUT2D eigenvalue weighted by atomic mass is 10.1. The van der Waals surface area contributed by atoms with Gasteiger partial charge in [-0.15, -0.1) is 0 Å². The van der Waals surface area contributed by atoms with Crippen LogP contribution in [0.15, 0.2) is 59.2 Å². The highest BCUT2D eigenvalue weighted by Crippen LogP contribution is 2.32. The van der Waals surface area contributed by atoms with Crippen LogP contribution in [0.1, 0.15) is 6.42 Å². The minimum Gasteiger partial charge on any atom is -0.316 e. The van der Waals surface area contributed by atoms with Crippen LogP contribution in [0.5, 0.6) is 0 Å². The zero-order chi connectivity index (χ0) is 17.1. The first-order valence-corrected chi connectivity index (χ1v) is 9.08. The van der Waals surface area contributed by atoms with Gasteiger partial charge >= 0.3 is 0 Å². The van der Waals surface area contributed by atoms with Gasteiger partial charge < -0.3 is 9.91 Å². The first-order valence-electron chi connectivity index (χ1n) is 8.28. The molecule has 24 heavy (non-hydrogen) atoms. The van der Waals surface area contributed by atoms with Crippen molar-refractivity contribution in [2.45, 2.75) is 6.42 Å². The van der Waals surface area contributed by atoms with E-state index in [2.05, 4.69) is 106 Å². The Morgan fingerprint density at radius 3 is 2.42 bits per heavy atom. The molecule has 0 fully saturated rings. The zero-order valence-electron chi connectivity index (χ0n) is 14.5. The predicted octanol–water partition coefficient (Wildman–Crippen LogP) is 4.59. The van der Waals surface area contributed by atoms with Crippen molar-refractivity contribution in [3.8, 4) is 11.1 Å². The molecule has 0 aliphatic heterocycles. The fraction of sp³-hybridized carbons (Fsp3) is 0.300. The van der Waals surface area contributed by atoms with Gasteiger partial charge in [-0.25, -0.2) is 0 Å². The minimum atomic E-state index is 1.02. The second kappa shape index (κ2) is 7.41. The Morgan fingerprint density at radius 1 is 0.958 bits per heavy atom. The molecule has 0 unspecified atom stereocenters. The van der Waals surface area contributed by atoms with Crippen LogP contribution in [-0.2, 0) is 0 Å². The molecule has 1 heterocycles. The van der Waals surface area contributed by atoms with Gasteiger partial charge in [-0.1, -0.05) is 46.3 Å². The van der Waals surface area contributed by atoms with E-state index in [0.717, 1.165) is 24.0 Å². The Kier molecular flexibility index (Phi) is 5.27. The summed E-state index contributed by atoms with van der Waals surface area (Å²) in [7, 11) is 6.40. The third kappa shape index (κ3) is 3.65. The molecule has 3 aromatic rings. The van der Waals surface area contributed by atoms with Crippen LogP contribution in [-0.4, -0.2) is 43.8 Å². The van der Waals surface area contributed by atoms with Gasteiger partial charge in [-0.05, 0) is 50.8 Å². The smallest absolute Gasteiger partial charge is 0.0701 e. The molecule has 3 nitrogen and oxygen atoms in total. The summed E-state index contributed by atoms with van der Waals surface area (Å²) in [6.45, 7) is 2.12. The Morgan fingerprint density at radius 2 is 1.71 bits per heavy atom. The average Bonchev–Trinajstić information content (AvgIpc) is 2.94. The van der Waals surface area contributed by atoms with E-state index in [1.807, 2.05) is 0 Å². The Labute approximate surface area is 152 Å². The molecule has 0 bridgehead atoms. The topological polar surface area (TPSA) is 11.4 Å². The first-order chi connectivity index (χ1) is 11.6. The van der Waals surface area contributed by atoms with Gasteiger partial charge in [0.25, 0.3) is 0 Å². The van der Waals surface area contributed by atoms with E-state index >= 15 is 0 Å². The molecule has 2 aromatic carbocycles. The monoisotopic (exact) mass is 385 g/mol. The molecular formula is C20H24BrN3. The lowest BCUT2D eigenvalue weighted by Crippen LogP contribution is -2.32. The SMILES string of the molecule is CN(C)CCCN(C)n1cc(-c2ccccc2)c2cc(Br)ccc21. The van der Waals surface area contributed by atoms with Gasteiger partial charge in [0, 0.05) is 35.2 Å². The highest BCUT2D eigenvalue weighted by atomic mass is 79.9. The lowest BCUT2D eigenvalue weighted by Gasteiger charge is -2.22. The van der Waals surface area contributed by atoms with Crippen molar-refractivity contribution in [2.24, 2.45) is 0 Å². The highest BCUT2D eigenvalue weighted by molar-refractivity contribution is 9.10. The van der Waals surface area contributed by atoms with Crippen molar-refractivity contribution in [1.29, 1.82) is 0 Å². The molecule has 0 N–H and O–H groups in total. The Balaban J connectivity index is 1.99. The standard InChI is InChI=1S/C20H24BrN3/c1-22(2)12-7-13-23(3)24-15-19(16-8-5-4-6-9-16)18-14-17(21)10-11-20(18)24/h4-6,8-11,14-15H,7,12-13H2,1-3H3. The summed E-state index contributed by atoms with van der Waals surface area (Å²) in [5.74, 6) is 0. The minimum absolute atomic E-state index is 1.02. The summed E-state index contributed by atoms with van der Waals surface area (Å²) >= 11 is 3.61. The maximum atomic E-state index is 3.61. The molecule has 0 aliphatic carbocycles. The van der Waals surface area contributed by atoms with Crippen LogP contribution in [0.25, 0.3) is 22.0 Å². The van der Waals surface area contributed by atoms with Gasteiger partial charge in [0.05, 0.1) is 5.52 Å². The second-order valence-electron chi connectivity index (χ2n) is 6.45. The summed E-state index contributed by atoms with van der Waals surface area (Å²) in [6.07, 6.45) is 3.39. The largest absolute Gasteiger partial charge is 0.316 e. The molecule has 0 radical (unpaired) electrons. The van der Waals surface area contributed by atoms with Crippen LogP contribution >= 0.6 is 15.9 Å². The fourth-order valence-electron chi connectivity index (χ4n) is 3.04. The van der Waals surface area contributed by atoms with Crippen LogP contribution in [0, 0.1) is 0 Å². The van der Waals surface area contributed by atoms with Crippen molar-refractivity contribution in [1.82, 2.24) is 9.58 Å². The van der Waals surface area contributed by atoms with Crippen LogP contribution in [0.3, 0.4) is 0 Å². The third-order valence-electron chi connectivity index (χ3n) is 4.29. The van der Waals surface area contributed by atoms with Crippen molar-refractivity contribution < 1.29 is 0 Å². The number of hydrogen-bond donors (Lipinski definition) is 0. The Bertz CT molecular complexity index is 808. The van der Waals surface area contributed by atoms with E-state index in [0.29, 0.717) is 0 Å². The molecule has 0 atom stereocenters. The number of rotatable bonds is 6. The van der Waals surface area contributed by atoms with Crippen molar-refractivity contribution in [3.05, 3.63) is 59.2 Å². The molecule has 1 aromatic heterocycles. The third-order valence-corrected chi connectivity index (χ3v) is 4.78. The summed E-state index contributed by atoms with van der Waals surface area (Å²) in [6, 6.07) is 17.1. The zero-order valence-corrected chi connectivity index (χ0v) is 16.1. The normalized spacial score (nSPS) is 11.4. The summed E-state index contributed by atoms with van der Waals surface area (Å²) in [4.78, 5) is 2.23. The number of nitrogens with zero attached hydrogens (tertiary/aromatic N) is 3. The van der Waals surface area contributed by atoms with Crippen molar-refractivity contribution in [2.75, 3.05) is 39.2 Å². The van der Waals surface area contributed by atoms with Crippen LogP contribution in [0.4, 0.5) is 0 Å². The molecular weight excluding hydrogens is 362 g/mol. The van der Waals surface area contributed by atoms with Crippen molar-refractivity contribution >= 4 is 26.8 Å². The van der Waals surface area contributed by atoms with E-state index in [-0.39, 0.29) is 0 Å². The van der Waals surface area contributed by atoms with E-state index in [1.165, 1.54) is 22.0 Å². The summed E-state index contributed by atoms with van der Waals surface area (Å²) in [5, 5.41) is 3.57. The molecule has 126 valence electrons. The van der Waals surface area contributed by atoms with Crippen molar-refractivity contribution in [3.63, 3.8) is 0 Å². The Hall–Kier alpha value is -1.78. The first kappa shape index (κ1) is 17.1. The molecule has 0 saturated heterocycles. The van der Waals surface area contributed by atoms with Crippen LogP contribution in [0.2, 0.25) is 0 Å². The lowest BCUT2D eigenvalue weighted by molar-refractivity contribution is 0.396. The van der Waals surface area contributed by atoms with Crippen LogP contribution < -0.4 is 5.01 Å². The molecule has 0 amide bonds. The second-order valence-corrected chi connectivity index (χ2v) is 7.37. The summed E-state index contributed by atoms with van der Waals surface area (Å²) < 4.78 is 3.39. The van der Waals surface area contributed by atoms with E-state index in [1.54, 1.807) is 0 Å². The predicted molar refractivity (Wildman–Crippen MR) is 107 cm³/mol. The van der Waals surface area contributed by atoms with Gasteiger partial charge in [0.2, 0.25) is 0 Å². The maximum absolute atomic E-state index is 3.61. The number of benzene rings is 2. The van der Waals surface area contributed by atoms with Gasteiger partial charge in [-0.2, -0.15) is 0 Å². The number of fused-ring (bicyclic) bond motifs is 1. The van der Waals surface area contributed by atoms with Gasteiger partial charge in [-0.3, -0.25) is 4.68 Å². The van der Waals surface area contributed by atoms with E-state index in [9.17, 15) is 0 Å². The molecule has 0 saturated carbocycles. The fourth-order valence-corrected chi connectivity index (χ4v) is 3.40. The van der Waals surface area contributed by atoms with E-state index in [4.69, 9.17) is 0 Å². The van der Waals surface area contributed by atoms with Gasteiger partial charge in [0.1, 0.15) is 0 Å². The van der Waals surface area contributed by atoms with E-state index < -0.39 is 0 Å². The molecule has 0 spiro atoms. The molecule has 3 rings (SSSR count). The molecule has 0 aliphatic rings. The summed E-state index contributed by atoms with van der Waals surface area (Å²) in [5.41, 5.74) is 3.76.